The van der Waals surface area contributed by atoms with Gasteiger partial charge in [0.25, 0.3) is 0 Å². The number of unbranched alkanes of at least 4 members (excludes halogenated alkanes) is 2. The minimum Gasteiger partial charge on any atom is -0.469 e. The van der Waals surface area contributed by atoms with E-state index in [0.717, 1.165) is 25.7 Å². The second-order valence-electron chi connectivity index (χ2n) is 17.8. The number of ether oxygens (including phenoxy) is 4. The molecule has 51 heavy (non-hydrogen) atoms. The third-order valence-corrected chi connectivity index (χ3v) is 15.2. The van der Waals surface area contributed by atoms with Crippen LogP contribution in [0.2, 0.25) is 0 Å². The van der Waals surface area contributed by atoms with Gasteiger partial charge < -0.3 is 43.8 Å². The standard InChI is InChI=1S/C39H54O12/c1-34(2)27-26(43)28(44)36(4)25(38(27)20-48-33(46)37(32(38)51-34)13-7-8-14-37)11-15-35(3)29(49-31(45)30-39(35,36)50-30)22-12-17-47-24(22)18-21(23(42)19-41)10-6-5-9-16-40/h12,17,21,23,25,27-30,32,40-42,44H,5-11,13-16,18-20H2,1-4H3/t21-,23+,25+,27-,28+,29-,30+,32-,35-,36-,38-,39-/m0/s1. The van der Waals surface area contributed by atoms with E-state index in [-0.39, 0.29) is 43.2 Å². The molecule has 0 aromatic carbocycles. The topological polar surface area (TPSA) is 185 Å². The number of esters is 2. The molecule has 0 amide bonds. The summed E-state index contributed by atoms with van der Waals surface area (Å²) in [4.78, 5) is 42.5. The number of aliphatic hydroxyl groups is 4. The minimum absolute atomic E-state index is 0.00908. The van der Waals surface area contributed by atoms with Gasteiger partial charge in [0.05, 0.1) is 42.0 Å². The summed E-state index contributed by atoms with van der Waals surface area (Å²) >= 11 is 0. The number of carbonyl (C=O) groups excluding carboxylic acids is 3. The summed E-state index contributed by atoms with van der Waals surface area (Å²) in [6.45, 7) is 7.38. The zero-order valence-corrected chi connectivity index (χ0v) is 30.2. The van der Waals surface area contributed by atoms with Crippen LogP contribution in [0.5, 0.6) is 0 Å². The van der Waals surface area contributed by atoms with E-state index >= 15 is 0 Å². The van der Waals surface area contributed by atoms with Crippen molar-refractivity contribution < 1.29 is 58.2 Å². The Morgan fingerprint density at radius 1 is 0.961 bits per heavy atom. The van der Waals surface area contributed by atoms with Gasteiger partial charge in [-0.05, 0) is 70.3 Å². The maximum absolute atomic E-state index is 14.8. The van der Waals surface area contributed by atoms with E-state index in [0.29, 0.717) is 49.8 Å². The third kappa shape index (κ3) is 4.38. The van der Waals surface area contributed by atoms with Crippen molar-refractivity contribution >= 4 is 17.7 Å². The van der Waals surface area contributed by atoms with Crippen LogP contribution in [0.15, 0.2) is 16.7 Å². The Labute approximate surface area is 298 Å². The van der Waals surface area contributed by atoms with E-state index in [1.807, 2.05) is 27.7 Å². The molecule has 5 heterocycles. The average Bonchev–Trinajstić information content (AvgIpc) is 3.34. The summed E-state index contributed by atoms with van der Waals surface area (Å²) in [6, 6.07) is 1.78. The lowest BCUT2D eigenvalue weighted by atomic mass is 9.35. The molecule has 7 fully saturated rings. The lowest BCUT2D eigenvalue weighted by Gasteiger charge is -2.67. The number of aliphatic hydroxyl groups excluding tert-OH is 4. The highest BCUT2D eigenvalue weighted by molar-refractivity contribution is 5.92. The van der Waals surface area contributed by atoms with Gasteiger partial charge in [0.2, 0.25) is 0 Å². The summed E-state index contributed by atoms with van der Waals surface area (Å²) < 4.78 is 31.9. The molecule has 0 unspecified atom stereocenters. The molecule has 1 aromatic rings. The minimum atomic E-state index is -1.47. The van der Waals surface area contributed by atoms with Crippen LogP contribution < -0.4 is 0 Å². The molecule has 4 aliphatic heterocycles. The SMILES string of the molecule is CC1(C)O[C@H]2C3(CCCC3)C(=O)OC[C@]23[C@H]1C(=O)[C@@H](O)[C@]1(C)[C@H]3CC[C@@]2(C)[C@H](c3ccoc3C[C@H](CCCCCO)[C@H](O)CO)OC(=O)[C@H]3O[C@]312. The number of epoxide rings is 1. The predicted octanol–water partition coefficient (Wildman–Crippen LogP) is 3.34. The number of fused-ring (bicyclic) bond motifs is 2. The van der Waals surface area contributed by atoms with Gasteiger partial charge >= 0.3 is 11.9 Å². The van der Waals surface area contributed by atoms with Gasteiger partial charge in [0, 0.05) is 34.8 Å². The molecule has 12 nitrogen and oxygen atoms in total. The van der Waals surface area contributed by atoms with Crippen LogP contribution >= 0.6 is 0 Å². The summed E-state index contributed by atoms with van der Waals surface area (Å²) in [6.07, 6.45) is 3.77. The lowest BCUT2D eigenvalue weighted by Crippen LogP contribution is -2.77. The number of Topliss-reactive ketones (excluding diaryl/α,β-unsaturated/α-hetero) is 1. The second kappa shape index (κ2) is 11.8. The van der Waals surface area contributed by atoms with Gasteiger partial charge in [0.15, 0.2) is 11.9 Å². The Balaban J connectivity index is 1.20. The van der Waals surface area contributed by atoms with Gasteiger partial charge in [-0.15, -0.1) is 0 Å². The number of carbonyl (C=O) groups is 3. The van der Waals surface area contributed by atoms with Gasteiger partial charge in [-0.1, -0.05) is 39.5 Å². The molecule has 0 bridgehead atoms. The molecule has 0 radical (unpaired) electrons. The molecule has 282 valence electrons. The fourth-order valence-electron chi connectivity index (χ4n) is 13.1. The van der Waals surface area contributed by atoms with Crippen LogP contribution in [0.3, 0.4) is 0 Å². The van der Waals surface area contributed by atoms with Crippen LogP contribution in [-0.4, -0.2) is 93.6 Å². The first-order chi connectivity index (χ1) is 24.2. The maximum atomic E-state index is 14.8. The Morgan fingerprint density at radius 3 is 2.41 bits per heavy atom. The van der Waals surface area contributed by atoms with Crippen molar-refractivity contribution in [3.8, 4) is 0 Å². The van der Waals surface area contributed by atoms with Crippen molar-refractivity contribution in [2.75, 3.05) is 19.8 Å². The Bertz CT molecular complexity index is 1580. The van der Waals surface area contributed by atoms with Crippen molar-refractivity contribution in [1.82, 2.24) is 0 Å². The van der Waals surface area contributed by atoms with Crippen LogP contribution in [0, 0.1) is 39.4 Å². The molecule has 8 rings (SSSR count). The molecule has 12 heteroatoms. The molecule has 12 atom stereocenters. The summed E-state index contributed by atoms with van der Waals surface area (Å²) in [5.41, 5.74) is -5.53. The molecule has 3 spiro atoms. The molecule has 4 N–H and O–H groups in total. The normalized spacial score (nSPS) is 44.0. The third-order valence-electron chi connectivity index (χ3n) is 15.2. The number of ketones is 1. The smallest absolute Gasteiger partial charge is 0.339 e. The second-order valence-corrected chi connectivity index (χ2v) is 17.8. The van der Waals surface area contributed by atoms with Crippen molar-refractivity contribution in [2.45, 2.75) is 140 Å². The van der Waals surface area contributed by atoms with Crippen molar-refractivity contribution in [2.24, 2.45) is 39.4 Å². The fraction of sp³-hybridized carbons (Fsp3) is 0.821. The van der Waals surface area contributed by atoms with Crippen LogP contribution in [-0.2, 0) is 39.8 Å². The summed E-state index contributed by atoms with van der Waals surface area (Å²) in [5.74, 6) is -2.10. The monoisotopic (exact) mass is 714 g/mol. The highest BCUT2D eigenvalue weighted by Gasteiger charge is 2.91. The van der Waals surface area contributed by atoms with Crippen LogP contribution in [0.25, 0.3) is 0 Å². The van der Waals surface area contributed by atoms with Gasteiger partial charge in [0.1, 0.15) is 30.2 Å². The maximum Gasteiger partial charge on any atom is 0.339 e. The largest absolute Gasteiger partial charge is 0.469 e. The zero-order chi connectivity index (χ0) is 36.4. The van der Waals surface area contributed by atoms with Crippen molar-refractivity contribution in [3.63, 3.8) is 0 Å². The number of hydrogen-bond donors (Lipinski definition) is 4. The van der Waals surface area contributed by atoms with Gasteiger partial charge in [-0.25, -0.2) is 4.79 Å². The number of furan rings is 1. The van der Waals surface area contributed by atoms with E-state index in [1.54, 1.807) is 12.3 Å². The van der Waals surface area contributed by atoms with E-state index < -0.39 is 81.9 Å². The molecule has 4 saturated heterocycles. The highest BCUT2D eigenvalue weighted by Crippen LogP contribution is 2.81. The predicted molar refractivity (Wildman–Crippen MR) is 178 cm³/mol. The fourth-order valence-corrected chi connectivity index (χ4v) is 13.1. The Morgan fingerprint density at radius 2 is 1.71 bits per heavy atom. The molecular formula is C39H54O12. The number of rotatable bonds is 10. The molecule has 3 aliphatic carbocycles. The Kier molecular flexibility index (Phi) is 8.27. The summed E-state index contributed by atoms with van der Waals surface area (Å²) in [5, 5.41) is 42.3. The van der Waals surface area contributed by atoms with E-state index in [2.05, 4.69) is 0 Å². The highest BCUT2D eigenvalue weighted by atomic mass is 16.7. The van der Waals surface area contributed by atoms with E-state index in [4.69, 9.17) is 23.4 Å². The zero-order valence-electron chi connectivity index (χ0n) is 30.2. The first-order valence-corrected chi connectivity index (χ1v) is 19.1. The van der Waals surface area contributed by atoms with Crippen LogP contribution in [0.1, 0.15) is 109 Å². The molecule has 3 saturated carbocycles. The van der Waals surface area contributed by atoms with E-state index in [1.165, 1.54) is 0 Å². The van der Waals surface area contributed by atoms with E-state index in [9.17, 15) is 34.8 Å². The summed E-state index contributed by atoms with van der Waals surface area (Å²) in [7, 11) is 0. The number of cyclic esters (lactones) is 2. The molecule has 7 aliphatic rings. The lowest BCUT2D eigenvalue weighted by molar-refractivity contribution is -0.264. The quantitative estimate of drug-likeness (QED) is 0.158. The first kappa shape index (κ1) is 35.7. The van der Waals surface area contributed by atoms with Crippen LogP contribution in [0.4, 0.5) is 0 Å². The first-order valence-electron chi connectivity index (χ1n) is 19.1. The number of hydrogen-bond acceptors (Lipinski definition) is 12. The Hall–Kier alpha value is -2.35. The molecule has 1 aromatic heterocycles. The van der Waals surface area contributed by atoms with Crippen molar-refractivity contribution in [3.05, 3.63) is 23.7 Å². The van der Waals surface area contributed by atoms with Gasteiger partial charge in [-0.3, -0.25) is 9.59 Å². The van der Waals surface area contributed by atoms with Gasteiger partial charge in [-0.2, -0.15) is 0 Å². The average molecular weight is 715 g/mol. The van der Waals surface area contributed by atoms with Crippen molar-refractivity contribution in [1.29, 1.82) is 0 Å². The molecular weight excluding hydrogens is 660 g/mol.